The summed E-state index contributed by atoms with van der Waals surface area (Å²) in [5.74, 6) is 4.14. The largest absolute Gasteiger partial charge is 0.458 e. The number of rotatable bonds is 6. The number of fused-ring (bicyclic) bond motifs is 6. The highest BCUT2D eigenvalue weighted by molar-refractivity contribution is 7.20. The summed E-state index contributed by atoms with van der Waals surface area (Å²) in [5.41, 5.74) is 5.93. The Morgan fingerprint density at radius 3 is 2.07 bits per heavy atom. The topological polar surface area (TPSA) is 54.1 Å². The Hall–Kier alpha value is -7.22. The van der Waals surface area contributed by atoms with E-state index < -0.39 is 8.07 Å². The van der Waals surface area contributed by atoms with Crippen molar-refractivity contribution in [1.82, 2.24) is 19.1 Å². The molecule has 0 radical (unpaired) electrons. The lowest BCUT2D eigenvalue weighted by Crippen LogP contribution is -2.76. The van der Waals surface area contributed by atoms with E-state index in [4.69, 9.17) is 19.4 Å². The summed E-state index contributed by atoms with van der Waals surface area (Å²) in [4.78, 5) is 9.90. The van der Waals surface area contributed by atoms with Gasteiger partial charge in [-0.05, 0) is 87.5 Å². The second-order valence-electron chi connectivity index (χ2n) is 14.3. The molecule has 0 atom stereocenters. The minimum atomic E-state index is -2.87. The van der Waals surface area contributed by atoms with E-state index in [9.17, 15) is 0 Å². The molecule has 56 heavy (non-hydrogen) atoms. The number of imidazole rings is 1. The first-order valence-electron chi connectivity index (χ1n) is 18.8. The van der Waals surface area contributed by atoms with Gasteiger partial charge in [-0.25, -0.2) is 9.97 Å². The molecule has 11 rings (SSSR count). The first-order valence-corrected chi connectivity index (χ1v) is 20.8. The SMILES string of the molecule is Cn1c(-c2cccc(Oc3cccc(-n4c5cc6c(cc5c5cccnc54)Oc4ccccc4[Si]6(c4ccccc4)c4ccccc4)c3)c2)nc2ccccc21. The zero-order valence-corrected chi connectivity index (χ0v) is 31.5. The molecular formula is C49H34N4O2Si. The van der Waals surface area contributed by atoms with Crippen LogP contribution in [-0.2, 0) is 7.05 Å². The van der Waals surface area contributed by atoms with Crippen LogP contribution in [0.2, 0.25) is 0 Å². The number of hydrogen-bond acceptors (Lipinski definition) is 4. The van der Waals surface area contributed by atoms with Crippen LogP contribution >= 0.6 is 0 Å². The van der Waals surface area contributed by atoms with Gasteiger partial charge < -0.3 is 14.0 Å². The Bertz CT molecular complexity index is 3080. The Kier molecular flexibility index (Phi) is 7.30. The van der Waals surface area contributed by atoms with Crippen LogP contribution in [0.25, 0.3) is 50.0 Å². The molecule has 6 nitrogen and oxygen atoms in total. The minimum Gasteiger partial charge on any atom is -0.458 e. The lowest BCUT2D eigenvalue weighted by Gasteiger charge is -2.39. The van der Waals surface area contributed by atoms with Gasteiger partial charge in [0.2, 0.25) is 0 Å². The van der Waals surface area contributed by atoms with Crippen LogP contribution < -0.4 is 30.2 Å². The van der Waals surface area contributed by atoms with Gasteiger partial charge in [-0.3, -0.25) is 4.57 Å². The maximum Gasteiger partial charge on any atom is 0.188 e. The van der Waals surface area contributed by atoms with Crippen LogP contribution in [0.1, 0.15) is 0 Å². The smallest absolute Gasteiger partial charge is 0.188 e. The molecule has 1 aliphatic rings. The number of aromatic nitrogens is 4. The van der Waals surface area contributed by atoms with E-state index in [2.05, 4.69) is 150 Å². The third-order valence-corrected chi connectivity index (χ3v) is 16.0. The summed E-state index contributed by atoms with van der Waals surface area (Å²) >= 11 is 0. The summed E-state index contributed by atoms with van der Waals surface area (Å²) < 4.78 is 17.9. The van der Waals surface area contributed by atoms with Crippen molar-refractivity contribution in [1.29, 1.82) is 0 Å². The highest BCUT2D eigenvalue weighted by atomic mass is 28.3. The second-order valence-corrected chi connectivity index (χ2v) is 18.0. The van der Waals surface area contributed by atoms with Crippen LogP contribution in [-0.4, -0.2) is 27.2 Å². The number of aryl methyl sites for hydroxylation is 1. The van der Waals surface area contributed by atoms with E-state index in [0.29, 0.717) is 0 Å². The van der Waals surface area contributed by atoms with Crippen LogP contribution in [0.15, 0.2) is 188 Å². The maximum atomic E-state index is 6.88. The first-order chi connectivity index (χ1) is 27.7. The molecule has 0 bridgehead atoms. The molecule has 0 spiro atoms. The van der Waals surface area contributed by atoms with Crippen molar-refractivity contribution in [3.63, 3.8) is 0 Å². The van der Waals surface area contributed by atoms with Gasteiger partial charge >= 0.3 is 0 Å². The number of para-hydroxylation sites is 3. The van der Waals surface area contributed by atoms with Crippen LogP contribution in [0.5, 0.6) is 23.0 Å². The zero-order valence-electron chi connectivity index (χ0n) is 30.5. The number of pyridine rings is 1. The van der Waals surface area contributed by atoms with Crippen LogP contribution in [0.4, 0.5) is 0 Å². The molecule has 0 fully saturated rings. The molecule has 3 aromatic heterocycles. The summed E-state index contributed by atoms with van der Waals surface area (Å²) in [5, 5.41) is 7.19. The molecule has 266 valence electrons. The van der Waals surface area contributed by atoms with Gasteiger partial charge in [-0.2, -0.15) is 0 Å². The molecule has 0 saturated heterocycles. The zero-order chi connectivity index (χ0) is 37.2. The Labute approximate surface area is 324 Å². The van der Waals surface area contributed by atoms with Gasteiger partial charge in [0.05, 0.1) is 22.2 Å². The van der Waals surface area contributed by atoms with E-state index >= 15 is 0 Å². The molecule has 0 aliphatic carbocycles. The third-order valence-electron chi connectivity index (χ3n) is 11.1. The second kappa shape index (κ2) is 12.7. The Morgan fingerprint density at radius 2 is 1.27 bits per heavy atom. The Morgan fingerprint density at radius 1 is 0.554 bits per heavy atom. The Balaban J connectivity index is 1.09. The van der Waals surface area contributed by atoms with Crippen molar-refractivity contribution in [3.05, 3.63) is 188 Å². The van der Waals surface area contributed by atoms with Crippen molar-refractivity contribution >= 4 is 61.8 Å². The van der Waals surface area contributed by atoms with Gasteiger partial charge in [0.25, 0.3) is 0 Å². The lowest BCUT2D eigenvalue weighted by molar-refractivity contribution is 0.482. The fourth-order valence-electron chi connectivity index (χ4n) is 8.73. The minimum absolute atomic E-state index is 0.725. The maximum absolute atomic E-state index is 6.88. The van der Waals surface area contributed by atoms with Gasteiger partial charge in [0.15, 0.2) is 8.07 Å². The molecule has 0 saturated carbocycles. The lowest BCUT2D eigenvalue weighted by atomic mass is 10.2. The molecular weight excluding hydrogens is 705 g/mol. The molecule has 7 aromatic carbocycles. The van der Waals surface area contributed by atoms with Crippen molar-refractivity contribution < 1.29 is 9.47 Å². The van der Waals surface area contributed by atoms with Crippen LogP contribution in [0, 0.1) is 0 Å². The predicted molar refractivity (Wildman–Crippen MR) is 228 cm³/mol. The van der Waals surface area contributed by atoms with E-state index in [1.807, 2.05) is 54.7 Å². The normalized spacial score (nSPS) is 13.0. The third kappa shape index (κ3) is 4.88. The monoisotopic (exact) mass is 738 g/mol. The molecule has 0 amide bonds. The van der Waals surface area contributed by atoms with E-state index in [-0.39, 0.29) is 0 Å². The standard InChI is InChI=1S/C49H34N4O2Si/c1-52-42-25-9-8-24-41(42)51-48(52)33-15-12-17-35(29-33)54-36-18-13-16-34(30-36)53-43-32-47-45(31-40(43)39-23-14-28-50-49(39)53)55-44-26-10-11-27-46(44)56(47,37-19-4-2-5-20-37)38-21-6-3-7-22-38/h2-32H,1H3. The quantitative estimate of drug-likeness (QED) is 0.160. The summed E-state index contributed by atoms with van der Waals surface area (Å²) in [6.45, 7) is 0. The number of hydrogen-bond donors (Lipinski definition) is 0. The molecule has 7 heteroatoms. The average Bonchev–Trinajstić information content (AvgIpc) is 3.77. The molecule has 10 aromatic rings. The molecule has 4 heterocycles. The van der Waals surface area contributed by atoms with E-state index in [0.717, 1.165) is 73.0 Å². The number of nitrogens with zero attached hydrogens (tertiary/aromatic N) is 4. The average molecular weight is 739 g/mol. The number of ether oxygens (including phenoxy) is 2. The van der Waals surface area contributed by atoms with Gasteiger partial charge in [0.1, 0.15) is 34.5 Å². The molecule has 0 N–H and O–H groups in total. The highest BCUT2D eigenvalue weighted by Gasteiger charge is 2.48. The predicted octanol–water partition coefficient (Wildman–Crippen LogP) is 9.01. The molecule has 0 unspecified atom stereocenters. The van der Waals surface area contributed by atoms with Crippen molar-refractivity contribution in [3.8, 4) is 40.1 Å². The van der Waals surface area contributed by atoms with Crippen molar-refractivity contribution in [2.45, 2.75) is 0 Å². The van der Waals surface area contributed by atoms with Crippen molar-refractivity contribution in [2.75, 3.05) is 0 Å². The van der Waals surface area contributed by atoms with Crippen LogP contribution in [0.3, 0.4) is 0 Å². The highest BCUT2D eigenvalue weighted by Crippen LogP contribution is 2.38. The fourth-order valence-corrected chi connectivity index (χ4v) is 13.7. The van der Waals surface area contributed by atoms with Gasteiger partial charge in [0, 0.05) is 35.6 Å². The summed E-state index contributed by atoms with van der Waals surface area (Å²) in [6.07, 6.45) is 1.86. The molecule has 1 aliphatic heterocycles. The van der Waals surface area contributed by atoms with Gasteiger partial charge in [-0.15, -0.1) is 0 Å². The van der Waals surface area contributed by atoms with Crippen molar-refractivity contribution in [2.24, 2.45) is 7.05 Å². The van der Waals surface area contributed by atoms with E-state index in [1.54, 1.807) is 0 Å². The number of benzene rings is 7. The summed E-state index contributed by atoms with van der Waals surface area (Å²) in [7, 11) is -0.816. The first kappa shape index (κ1) is 32.2. The summed E-state index contributed by atoms with van der Waals surface area (Å²) in [6, 6.07) is 63.9. The van der Waals surface area contributed by atoms with Gasteiger partial charge in [-0.1, -0.05) is 109 Å². The fraction of sp³-hybridized carbons (Fsp3) is 0.0204. The van der Waals surface area contributed by atoms with E-state index in [1.165, 1.54) is 20.7 Å².